The van der Waals surface area contributed by atoms with Crippen molar-refractivity contribution in [1.82, 2.24) is 20.5 Å². The van der Waals surface area contributed by atoms with Crippen molar-refractivity contribution in [3.05, 3.63) is 16.7 Å². The van der Waals surface area contributed by atoms with Gasteiger partial charge >= 0.3 is 0 Å². The lowest BCUT2D eigenvalue weighted by atomic mass is 10.4. The Labute approximate surface area is 96.4 Å². The second kappa shape index (κ2) is 5.29. The standard InChI is InChI=1S/C9H12N4S2/c1-2-10-4-3-8-12-13-9(15-8)7-5-11-6-14-7/h5-6,10H,2-4H2,1H3. The molecule has 0 aromatic carbocycles. The summed E-state index contributed by atoms with van der Waals surface area (Å²) in [6, 6.07) is 0. The van der Waals surface area contributed by atoms with Gasteiger partial charge in [0.1, 0.15) is 5.01 Å². The first-order valence-corrected chi connectivity index (χ1v) is 6.51. The number of likely N-dealkylation sites (N-methyl/N-ethyl adjacent to an activating group) is 1. The van der Waals surface area contributed by atoms with E-state index in [1.54, 1.807) is 22.7 Å². The SMILES string of the molecule is CCNCCc1nnc(-c2cncs2)s1. The zero-order valence-corrected chi connectivity index (χ0v) is 10.1. The molecule has 80 valence electrons. The molecule has 0 saturated carbocycles. The summed E-state index contributed by atoms with van der Waals surface area (Å²) in [6.07, 6.45) is 2.78. The molecule has 1 N–H and O–H groups in total. The molecular formula is C9H12N4S2. The highest BCUT2D eigenvalue weighted by Crippen LogP contribution is 2.26. The highest BCUT2D eigenvalue weighted by atomic mass is 32.1. The van der Waals surface area contributed by atoms with E-state index in [0.29, 0.717) is 0 Å². The molecular weight excluding hydrogens is 228 g/mol. The van der Waals surface area contributed by atoms with Crippen molar-refractivity contribution in [2.75, 3.05) is 13.1 Å². The molecule has 0 atom stereocenters. The fourth-order valence-corrected chi connectivity index (χ4v) is 2.66. The Morgan fingerprint density at radius 2 is 2.33 bits per heavy atom. The summed E-state index contributed by atoms with van der Waals surface area (Å²) in [7, 11) is 0. The molecule has 0 amide bonds. The van der Waals surface area contributed by atoms with Gasteiger partial charge in [0.15, 0.2) is 5.01 Å². The summed E-state index contributed by atoms with van der Waals surface area (Å²) in [5.41, 5.74) is 1.81. The van der Waals surface area contributed by atoms with Gasteiger partial charge in [0, 0.05) is 19.2 Å². The molecule has 0 bridgehead atoms. The van der Waals surface area contributed by atoms with E-state index in [1.807, 2.05) is 11.7 Å². The molecule has 0 radical (unpaired) electrons. The van der Waals surface area contributed by atoms with Crippen LogP contribution < -0.4 is 5.32 Å². The van der Waals surface area contributed by atoms with Gasteiger partial charge in [0.05, 0.1) is 10.4 Å². The van der Waals surface area contributed by atoms with Gasteiger partial charge in [0.25, 0.3) is 0 Å². The fourth-order valence-electron chi connectivity index (χ4n) is 1.15. The lowest BCUT2D eigenvalue weighted by molar-refractivity contribution is 0.710. The van der Waals surface area contributed by atoms with Crippen molar-refractivity contribution in [3.63, 3.8) is 0 Å². The van der Waals surface area contributed by atoms with Crippen LogP contribution in [0.5, 0.6) is 0 Å². The number of aromatic nitrogens is 3. The van der Waals surface area contributed by atoms with Crippen molar-refractivity contribution in [1.29, 1.82) is 0 Å². The minimum absolute atomic E-state index is 0.949. The third-order valence-corrected chi connectivity index (χ3v) is 3.80. The topological polar surface area (TPSA) is 50.7 Å². The van der Waals surface area contributed by atoms with Gasteiger partial charge in [-0.05, 0) is 6.54 Å². The zero-order valence-electron chi connectivity index (χ0n) is 8.43. The molecule has 2 aromatic heterocycles. The predicted molar refractivity (Wildman–Crippen MR) is 63.3 cm³/mol. The van der Waals surface area contributed by atoms with E-state index in [9.17, 15) is 0 Å². The van der Waals surface area contributed by atoms with E-state index in [1.165, 1.54) is 0 Å². The zero-order chi connectivity index (χ0) is 10.5. The van der Waals surface area contributed by atoms with Gasteiger partial charge in [-0.3, -0.25) is 4.98 Å². The first kappa shape index (κ1) is 10.7. The van der Waals surface area contributed by atoms with Crippen molar-refractivity contribution < 1.29 is 0 Å². The number of hydrogen-bond acceptors (Lipinski definition) is 6. The van der Waals surface area contributed by atoms with Gasteiger partial charge in [-0.25, -0.2) is 0 Å². The Morgan fingerprint density at radius 3 is 3.07 bits per heavy atom. The Balaban J connectivity index is 1.98. The molecule has 0 unspecified atom stereocenters. The van der Waals surface area contributed by atoms with Crippen LogP contribution in [0, 0.1) is 0 Å². The Kier molecular flexibility index (Phi) is 3.76. The van der Waals surface area contributed by atoms with Crippen molar-refractivity contribution >= 4 is 22.7 Å². The molecule has 15 heavy (non-hydrogen) atoms. The van der Waals surface area contributed by atoms with Gasteiger partial charge in [-0.2, -0.15) is 0 Å². The molecule has 0 aliphatic rings. The molecule has 0 aliphatic carbocycles. The largest absolute Gasteiger partial charge is 0.317 e. The van der Waals surface area contributed by atoms with Crippen LogP contribution in [-0.4, -0.2) is 28.3 Å². The fraction of sp³-hybridized carbons (Fsp3) is 0.444. The van der Waals surface area contributed by atoms with Crippen LogP contribution in [0.3, 0.4) is 0 Å². The average Bonchev–Trinajstić information content (AvgIpc) is 2.87. The summed E-state index contributed by atoms with van der Waals surface area (Å²) in [4.78, 5) is 5.13. The molecule has 0 saturated heterocycles. The number of hydrogen-bond donors (Lipinski definition) is 1. The second-order valence-corrected chi connectivity index (χ2v) is 4.92. The summed E-state index contributed by atoms with van der Waals surface area (Å²) in [5.74, 6) is 0. The van der Waals surface area contributed by atoms with Crippen LogP contribution in [0.2, 0.25) is 0 Å². The highest BCUT2D eigenvalue weighted by molar-refractivity contribution is 7.20. The van der Waals surface area contributed by atoms with E-state index in [2.05, 4.69) is 27.4 Å². The minimum atomic E-state index is 0.949. The van der Waals surface area contributed by atoms with Crippen molar-refractivity contribution in [3.8, 4) is 9.88 Å². The lowest BCUT2D eigenvalue weighted by Crippen LogP contribution is -2.15. The quantitative estimate of drug-likeness (QED) is 0.810. The normalized spacial score (nSPS) is 10.7. The first-order valence-electron chi connectivity index (χ1n) is 4.82. The van der Waals surface area contributed by atoms with E-state index in [-0.39, 0.29) is 0 Å². The monoisotopic (exact) mass is 240 g/mol. The van der Waals surface area contributed by atoms with E-state index in [0.717, 1.165) is 34.4 Å². The summed E-state index contributed by atoms with van der Waals surface area (Å²) < 4.78 is 0. The highest BCUT2D eigenvalue weighted by Gasteiger charge is 2.07. The smallest absolute Gasteiger partial charge is 0.159 e. The summed E-state index contributed by atoms with van der Waals surface area (Å²) in [5, 5.41) is 13.6. The molecule has 0 aliphatic heterocycles. The summed E-state index contributed by atoms with van der Waals surface area (Å²) in [6.45, 7) is 4.07. The number of thiazole rings is 1. The lowest BCUT2D eigenvalue weighted by Gasteiger charge is -1.95. The number of nitrogens with zero attached hydrogens (tertiary/aromatic N) is 3. The maximum absolute atomic E-state index is 4.15. The minimum Gasteiger partial charge on any atom is -0.317 e. The maximum atomic E-state index is 4.15. The number of rotatable bonds is 5. The van der Waals surface area contributed by atoms with Crippen LogP contribution in [0.25, 0.3) is 9.88 Å². The first-order chi connectivity index (χ1) is 7.40. The summed E-state index contributed by atoms with van der Waals surface area (Å²) >= 11 is 3.25. The molecule has 2 heterocycles. The van der Waals surface area contributed by atoms with Crippen LogP contribution in [0.4, 0.5) is 0 Å². The van der Waals surface area contributed by atoms with Crippen LogP contribution >= 0.6 is 22.7 Å². The van der Waals surface area contributed by atoms with Crippen molar-refractivity contribution in [2.45, 2.75) is 13.3 Å². The van der Waals surface area contributed by atoms with Gasteiger partial charge < -0.3 is 5.32 Å². The van der Waals surface area contributed by atoms with Crippen molar-refractivity contribution in [2.24, 2.45) is 0 Å². The van der Waals surface area contributed by atoms with E-state index >= 15 is 0 Å². The van der Waals surface area contributed by atoms with E-state index in [4.69, 9.17) is 0 Å². The van der Waals surface area contributed by atoms with E-state index < -0.39 is 0 Å². The Bertz CT molecular complexity index is 396. The second-order valence-electron chi connectivity index (χ2n) is 2.97. The molecule has 6 heteroatoms. The Hall–Kier alpha value is -0.850. The third kappa shape index (κ3) is 2.80. The van der Waals surface area contributed by atoms with Gasteiger partial charge in [-0.15, -0.1) is 21.5 Å². The third-order valence-electron chi connectivity index (χ3n) is 1.88. The number of nitrogens with one attached hydrogen (secondary N) is 1. The van der Waals surface area contributed by atoms with Crippen LogP contribution in [0.1, 0.15) is 11.9 Å². The molecule has 0 fully saturated rings. The predicted octanol–water partition coefficient (Wildman–Crippen LogP) is 1.81. The maximum Gasteiger partial charge on any atom is 0.159 e. The molecule has 0 spiro atoms. The molecule has 4 nitrogen and oxygen atoms in total. The van der Waals surface area contributed by atoms with Crippen LogP contribution in [0.15, 0.2) is 11.7 Å². The van der Waals surface area contributed by atoms with Gasteiger partial charge in [0.2, 0.25) is 0 Å². The molecule has 2 rings (SSSR count). The van der Waals surface area contributed by atoms with Gasteiger partial charge in [-0.1, -0.05) is 18.3 Å². The van der Waals surface area contributed by atoms with Crippen LogP contribution in [-0.2, 0) is 6.42 Å². The Morgan fingerprint density at radius 1 is 1.40 bits per heavy atom. The molecule has 2 aromatic rings. The average molecular weight is 240 g/mol.